The van der Waals surface area contributed by atoms with Crippen molar-refractivity contribution in [1.29, 1.82) is 0 Å². The fourth-order valence-corrected chi connectivity index (χ4v) is 4.29. The zero-order valence-corrected chi connectivity index (χ0v) is 15.4. The number of nitrogens with zero attached hydrogens (tertiary/aromatic N) is 5. The van der Waals surface area contributed by atoms with Crippen LogP contribution in [0.5, 0.6) is 0 Å². The predicted octanol–water partition coefficient (Wildman–Crippen LogP) is 3.55. The summed E-state index contributed by atoms with van der Waals surface area (Å²) in [6, 6.07) is 10.5. The highest BCUT2D eigenvalue weighted by atomic mass is 32.2. The van der Waals surface area contributed by atoms with Crippen LogP contribution in [0.15, 0.2) is 59.3 Å². The summed E-state index contributed by atoms with van der Waals surface area (Å²) in [5.41, 5.74) is 1.30. The molecule has 0 bridgehead atoms. The molecule has 0 saturated carbocycles. The largest absolute Gasteiger partial charge is 0.352 e. The molecule has 1 aromatic carbocycles. The summed E-state index contributed by atoms with van der Waals surface area (Å²) in [5.74, 6) is 1.88. The second-order valence-corrected chi connectivity index (χ2v) is 7.65. The van der Waals surface area contributed by atoms with Gasteiger partial charge in [0.25, 0.3) is 0 Å². The van der Waals surface area contributed by atoms with Gasteiger partial charge in [-0.1, -0.05) is 30.3 Å². The Morgan fingerprint density at radius 2 is 1.80 bits per heavy atom. The number of hydrogen-bond acceptors (Lipinski definition) is 7. The molecule has 0 radical (unpaired) electrons. The van der Waals surface area contributed by atoms with Crippen molar-refractivity contribution in [2.45, 2.75) is 10.8 Å². The van der Waals surface area contributed by atoms with Gasteiger partial charge in [-0.2, -0.15) is 0 Å². The highest BCUT2D eigenvalue weighted by Crippen LogP contribution is 2.24. The standard InChI is InChI=1S/C18H19N5S2/c1-2-4-15(5-3-1)14-25-17-13-19-12-16(21-17)22-7-9-23(10-8-22)18-20-6-11-24-18/h1-6,11-13H,7-10,14H2. The molecule has 25 heavy (non-hydrogen) atoms. The van der Waals surface area contributed by atoms with E-state index in [9.17, 15) is 0 Å². The van der Waals surface area contributed by atoms with Crippen molar-refractivity contribution in [3.63, 3.8) is 0 Å². The van der Waals surface area contributed by atoms with E-state index in [4.69, 9.17) is 4.98 Å². The lowest BCUT2D eigenvalue weighted by Crippen LogP contribution is -2.46. The van der Waals surface area contributed by atoms with Crippen LogP contribution in [0.1, 0.15) is 5.56 Å². The SMILES string of the molecule is c1ccc(CSc2cncc(N3CCN(c4nccs4)CC3)n2)cc1. The first-order chi connectivity index (χ1) is 12.4. The van der Waals surface area contributed by atoms with Crippen molar-refractivity contribution >= 4 is 34.0 Å². The van der Waals surface area contributed by atoms with Crippen LogP contribution in [-0.4, -0.2) is 41.1 Å². The van der Waals surface area contributed by atoms with E-state index >= 15 is 0 Å². The van der Waals surface area contributed by atoms with Crippen molar-refractivity contribution in [3.05, 3.63) is 59.9 Å². The van der Waals surface area contributed by atoms with Gasteiger partial charge in [-0.25, -0.2) is 9.97 Å². The minimum absolute atomic E-state index is 0.913. The summed E-state index contributed by atoms with van der Waals surface area (Å²) >= 11 is 3.43. The Balaban J connectivity index is 1.37. The maximum Gasteiger partial charge on any atom is 0.185 e. The monoisotopic (exact) mass is 369 g/mol. The second-order valence-electron chi connectivity index (χ2n) is 5.78. The minimum atomic E-state index is 0.913. The number of hydrogen-bond donors (Lipinski definition) is 0. The average molecular weight is 370 g/mol. The Morgan fingerprint density at radius 3 is 2.56 bits per heavy atom. The molecular weight excluding hydrogens is 350 g/mol. The van der Waals surface area contributed by atoms with Gasteiger partial charge in [-0.05, 0) is 5.56 Å². The van der Waals surface area contributed by atoms with E-state index < -0.39 is 0 Å². The van der Waals surface area contributed by atoms with E-state index in [0.717, 1.165) is 47.9 Å². The van der Waals surface area contributed by atoms with E-state index in [0.29, 0.717) is 0 Å². The number of thiazole rings is 1. The molecule has 2 aromatic heterocycles. The molecule has 0 aliphatic carbocycles. The summed E-state index contributed by atoms with van der Waals surface area (Å²) < 4.78 is 0. The molecule has 1 saturated heterocycles. The summed E-state index contributed by atoms with van der Waals surface area (Å²) in [6.07, 6.45) is 5.58. The van der Waals surface area contributed by atoms with Gasteiger partial charge in [0.1, 0.15) is 10.8 Å². The third kappa shape index (κ3) is 4.11. The molecule has 0 spiro atoms. The Morgan fingerprint density at radius 1 is 1.00 bits per heavy atom. The molecule has 128 valence electrons. The van der Waals surface area contributed by atoms with Gasteiger partial charge in [0, 0.05) is 43.5 Å². The van der Waals surface area contributed by atoms with Crippen LogP contribution in [-0.2, 0) is 5.75 Å². The summed E-state index contributed by atoms with van der Waals surface area (Å²) in [4.78, 5) is 18.2. The lowest BCUT2D eigenvalue weighted by molar-refractivity contribution is 0.642. The Hall–Kier alpha value is -2.12. The Bertz CT molecular complexity index is 786. The zero-order valence-electron chi connectivity index (χ0n) is 13.8. The number of anilines is 2. The zero-order chi connectivity index (χ0) is 16.9. The molecule has 1 fully saturated rings. The van der Waals surface area contributed by atoms with Gasteiger partial charge in [-0.3, -0.25) is 4.98 Å². The van der Waals surface area contributed by atoms with Gasteiger partial charge >= 0.3 is 0 Å². The molecule has 7 heteroatoms. The average Bonchev–Trinajstić information content (AvgIpc) is 3.22. The molecule has 0 unspecified atom stereocenters. The van der Waals surface area contributed by atoms with Crippen LogP contribution in [0.25, 0.3) is 0 Å². The molecule has 0 atom stereocenters. The van der Waals surface area contributed by atoms with Gasteiger partial charge in [0.2, 0.25) is 0 Å². The first kappa shape index (κ1) is 16.4. The number of piperazine rings is 1. The lowest BCUT2D eigenvalue weighted by atomic mass is 10.2. The molecule has 3 heterocycles. The van der Waals surface area contributed by atoms with Gasteiger partial charge < -0.3 is 9.80 Å². The Kier molecular flexibility index (Phi) is 5.13. The van der Waals surface area contributed by atoms with Crippen LogP contribution in [0, 0.1) is 0 Å². The molecule has 5 nitrogen and oxygen atoms in total. The first-order valence-corrected chi connectivity index (χ1v) is 10.1. The van der Waals surface area contributed by atoms with Crippen molar-refractivity contribution < 1.29 is 0 Å². The maximum absolute atomic E-state index is 4.79. The molecule has 0 amide bonds. The smallest absolute Gasteiger partial charge is 0.185 e. The molecule has 1 aliphatic rings. The number of rotatable bonds is 5. The summed E-state index contributed by atoms with van der Waals surface area (Å²) in [7, 11) is 0. The summed E-state index contributed by atoms with van der Waals surface area (Å²) in [5, 5.41) is 4.11. The van der Waals surface area contributed by atoms with Gasteiger partial charge in [0.05, 0.1) is 12.4 Å². The molecule has 4 rings (SSSR count). The fourth-order valence-electron chi connectivity index (χ4n) is 2.79. The van der Waals surface area contributed by atoms with Crippen LogP contribution in [0.3, 0.4) is 0 Å². The normalized spacial score (nSPS) is 14.7. The first-order valence-electron chi connectivity index (χ1n) is 8.27. The second kappa shape index (κ2) is 7.84. The topological polar surface area (TPSA) is 45.2 Å². The van der Waals surface area contributed by atoms with E-state index in [1.807, 2.05) is 30.0 Å². The molecule has 3 aromatic rings. The van der Waals surface area contributed by atoms with Crippen molar-refractivity contribution in [2.24, 2.45) is 0 Å². The number of aromatic nitrogens is 3. The van der Waals surface area contributed by atoms with Crippen molar-refractivity contribution in [3.8, 4) is 0 Å². The lowest BCUT2D eigenvalue weighted by Gasteiger charge is -2.35. The predicted molar refractivity (Wildman–Crippen MR) is 105 cm³/mol. The fraction of sp³-hybridized carbons (Fsp3) is 0.278. The van der Waals surface area contributed by atoms with Gasteiger partial charge in [-0.15, -0.1) is 23.1 Å². The van der Waals surface area contributed by atoms with E-state index in [1.54, 1.807) is 23.1 Å². The number of benzene rings is 1. The summed E-state index contributed by atoms with van der Waals surface area (Å²) in [6.45, 7) is 3.83. The van der Waals surface area contributed by atoms with Gasteiger partial charge in [0.15, 0.2) is 5.13 Å². The van der Waals surface area contributed by atoms with Crippen LogP contribution < -0.4 is 9.80 Å². The van der Waals surface area contributed by atoms with Crippen LogP contribution in [0.4, 0.5) is 10.9 Å². The molecule has 1 aliphatic heterocycles. The van der Waals surface area contributed by atoms with Crippen molar-refractivity contribution in [1.82, 2.24) is 15.0 Å². The third-order valence-corrected chi connectivity index (χ3v) is 5.93. The minimum Gasteiger partial charge on any atom is -0.352 e. The molecule has 0 N–H and O–H groups in total. The maximum atomic E-state index is 4.79. The quantitative estimate of drug-likeness (QED) is 0.641. The van der Waals surface area contributed by atoms with Crippen molar-refractivity contribution in [2.75, 3.05) is 36.0 Å². The Labute approximate surface area is 155 Å². The van der Waals surface area contributed by atoms with Crippen LogP contribution >= 0.6 is 23.1 Å². The van der Waals surface area contributed by atoms with Crippen LogP contribution in [0.2, 0.25) is 0 Å². The van der Waals surface area contributed by atoms with E-state index in [-0.39, 0.29) is 0 Å². The van der Waals surface area contributed by atoms with E-state index in [1.165, 1.54) is 5.56 Å². The number of thioether (sulfide) groups is 1. The highest BCUT2D eigenvalue weighted by molar-refractivity contribution is 7.98. The highest BCUT2D eigenvalue weighted by Gasteiger charge is 2.20. The molecular formula is C18H19N5S2. The third-order valence-electron chi connectivity index (χ3n) is 4.12. The van der Waals surface area contributed by atoms with E-state index in [2.05, 4.69) is 44.0 Å².